The van der Waals surface area contributed by atoms with Crippen LogP contribution in [0.15, 0.2) is 60.7 Å². The van der Waals surface area contributed by atoms with Gasteiger partial charge in [0.2, 0.25) is 0 Å². The lowest BCUT2D eigenvalue weighted by Crippen LogP contribution is -2.44. The van der Waals surface area contributed by atoms with Crippen molar-refractivity contribution >= 4 is 0 Å². The van der Waals surface area contributed by atoms with Gasteiger partial charge in [0.05, 0.1) is 6.04 Å². The van der Waals surface area contributed by atoms with Crippen LogP contribution >= 0.6 is 0 Å². The van der Waals surface area contributed by atoms with Crippen LogP contribution in [0.1, 0.15) is 63.6 Å². The van der Waals surface area contributed by atoms with Crippen molar-refractivity contribution in [2.24, 2.45) is 5.92 Å². The fourth-order valence-corrected chi connectivity index (χ4v) is 4.71. The third kappa shape index (κ3) is 3.42. The van der Waals surface area contributed by atoms with Crippen molar-refractivity contribution < 1.29 is 0 Å². The minimum Gasteiger partial charge on any atom is -0.286 e. The number of benzene rings is 2. The van der Waals surface area contributed by atoms with Crippen LogP contribution in [0.4, 0.5) is 0 Å². The summed E-state index contributed by atoms with van der Waals surface area (Å²) < 4.78 is 0. The number of hydrogen-bond donors (Lipinski definition) is 0. The lowest BCUT2D eigenvalue weighted by molar-refractivity contribution is 0.0793. The van der Waals surface area contributed by atoms with E-state index in [1.807, 2.05) is 13.8 Å². The van der Waals surface area contributed by atoms with E-state index in [2.05, 4.69) is 72.5 Å². The Hall–Kier alpha value is -1.60. The maximum absolute atomic E-state index is 2.84. The van der Waals surface area contributed by atoms with E-state index in [1.165, 1.54) is 36.8 Å². The van der Waals surface area contributed by atoms with Crippen LogP contribution in [0.25, 0.3) is 0 Å². The Balaban J connectivity index is 0.000000815. The Morgan fingerprint density at radius 1 is 0.750 bits per heavy atom. The van der Waals surface area contributed by atoms with Gasteiger partial charge in [-0.2, -0.15) is 0 Å². The van der Waals surface area contributed by atoms with Crippen LogP contribution in [-0.4, -0.2) is 17.0 Å². The summed E-state index contributed by atoms with van der Waals surface area (Å²) in [6, 6.07) is 24.1. The molecule has 2 bridgehead atoms. The molecule has 1 unspecified atom stereocenters. The third-order valence-corrected chi connectivity index (χ3v) is 5.55. The summed E-state index contributed by atoms with van der Waals surface area (Å²) in [6.45, 7) is 6.43. The maximum Gasteiger partial charge on any atom is 0.0606 e. The summed E-state index contributed by atoms with van der Waals surface area (Å²) in [7, 11) is 0. The predicted molar refractivity (Wildman–Crippen MR) is 103 cm³/mol. The van der Waals surface area contributed by atoms with E-state index in [4.69, 9.17) is 0 Å². The summed E-state index contributed by atoms with van der Waals surface area (Å²) >= 11 is 0. The first-order chi connectivity index (χ1) is 11.8. The second kappa shape index (κ2) is 7.98. The first-order valence-electron chi connectivity index (χ1n) is 9.70. The first-order valence-corrected chi connectivity index (χ1v) is 9.70. The molecule has 2 aliphatic heterocycles. The summed E-state index contributed by atoms with van der Waals surface area (Å²) in [5, 5.41) is 0. The van der Waals surface area contributed by atoms with Crippen LogP contribution in [0.2, 0.25) is 0 Å². The molecule has 0 amide bonds. The number of hydrogen-bond acceptors (Lipinski definition) is 1. The molecule has 3 atom stereocenters. The second-order valence-corrected chi connectivity index (χ2v) is 7.13. The van der Waals surface area contributed by atoms with E-state index in [1.54, 1.807) is 0 Å². The van der Waals surface area contributed by atoms with Gasteiger partial charge in [0.15, 0.2) is 0 Å². The summed E-state index contributed by atoms with van der Waals surface area (Å²) in [5.74, 6) is 0.890. The van der Waals surface area contributed by atoms with Crippen LogP contribution in [0, 0.1) is 5.92 Å². The summed E-state index contributed by atoms with van der Waals surface area (Å²) in [6.07, 6.45) is 5.50. The molecule has 128 valence electrons. The third-order valence-electron chi connectivity index (χ3n) is 5.55. The van der Waals surface area contributed by atoms with E-state index in [9.17, 15) is 0 Å². The highest BCUT2D eigenvalue weighted by Gasteiger charge is 2.43. The van der Waals surface area contributed by atoms with Gasteiger partial charge in [-0.1, -0.05) is 81.4 Å². The summed E-state index contributed by atoms with van der Waals surface area (Å²) in [4.78, 5) is 2.84. The molecule has 2 aromatic rings. The molecule has 1 nitrogen and oxygen atoms in total. The van der Waals surface area contributed by atoms with Crippen molar-refractivity contribution in [2.75, 3.05) is 0 Å². The van der Waals surface area contributed by atoms with E-state index in [0.717, 1.165) is 18.0 Å². The van der Waals surface area contributed by atoms with E-state index in [0.29, 0.717) is 6.04 Å². The lowest BCUT2D eigenvalue weighted by atomic mass is 9.87. The van der Waals surface area contributed by atoms with Crippen LogP contribution in [-0.2, 0) is 0 Å². The smallest absolute Gasteiger partial charge is 0.0606 e. The molecule has 24 heavy (non-hydrogen) atoms. The fraction of sp³-hybridized carbons (Fsp3) is 0.478. The van der Waals surface area contributed by atoms with Gasteiger partial charge in [-0.25, -0.2) is 0 Å². The van der Waals surface area contributed by atoms with Crippen molar-refractivity contribution in [2.45, 2.75) is 64.6 Å². The number of nitrogens with zero attached hydrogens (tertiary/aromatic N) is 1. The van der Waals surface area contributed by atoms with Gasteiger partial charge in [-0.05, 0) is 42.7 Å². The highest BCUT2D eigenvalue weighted by Crippen LogP contribution is 2.45. The molecule has 2 saturated heterocycles. The molecule has 0 aliphatic carbocycles. The van der Waals surface area contributed by atoms with E-state index in [-0.39, 0.29) is 0 Å². The van der Waals surface area contributed by atoms with Crippen molar-refractivity contribution in [1.29, 1.82) is 0 Å². The van der Waals surface area contributed by atoms with Gasteiger partial charge in [0, 0.05) is 12.1 Å². The van der Waals surface area contributed by atoms with Gasteiger partial charge in [0.25, 0.3) is 0 Å². The average Bonchev–Trinajstić information content (AvgIpc) is 2.90. The van der Waals surface area contributed by atoms with Crippen LogP contribution in [0.3, 0.4) is 0 Å². The molecule has 1 heteroatoms. The highest BCUT2D eigenvalue weighted by molar-refractivity contribution is 5.33. The highest BCUT2D eigenvalue weighted by atomic mass is 15.2. The molecule has 0 N–H and O–H groups in total. The molecular formula is C23H31N. The second-order valence-electron chi connectivity index (χ2n) is 7.13. The van der Waals surface area contributed by atoms with Gasteiger partial charge >= 0.3 is 0 Å². The van der Waals surface area contributed by atoms with Gasteiger partial charge in [-0.15, -0.1) is 0 Å². The zero-order valence-corrected chi connectivity index (χ0v) is 15.4. The molecule has 0 spiro atoms. The normalized spacial score (nSPS) is 26.1. The van der Waals surface area contributed by atoms with Crippen molar-refractivity contribution in [3.8, 4) is 0 Å². The lowest BCUT2D eigenvalue weighted by Gasteiger charge is -2.43. The van der Waals surface area contributed by atoms with Crippen molar-refractivity contribution in [3.63, 3.8) is 0 Å². The van der Waals surface area contributed by atoms with Crippen LogP contribution in [0.5, 0.6) is 0 Å². The van der Waals surface area contributed by atoms with Crippen molar-refractivity contribution in [3.05, 3.63) is 71.8 Å². The Labute approximate surface area is 147 Å². The van der Waals surface area contributed by atoms with E-state index < -0.39 is 0 Å². The Morgan fingerprint density at radius 3 is 1.58 bits per heavy atom. The zero-order valence-electron chi connectivity index (χ0n) is 15.4. The quantitative estimate of drug-likeness (QED) is 0.663. The maximum atomic E-state index is 2.84. The molecule has 2 heterocycles. The van der Waals surface area contributed by atoms with Crippen LogP contribution < -0.4 is 0 Å². The summed E-state index contributed by atoms with van der Waals surface area (Å²) in [5.41, 5.74) is 2.89. The molecule has 2 aromatic carbocycles. The Kier molecular flexibility index (Phi) is 5.73. The molecule has 0 radical (unpaired) electrons. The van der Waals surface area contributed by atoms with Crippen molar-refractivity contribution in [1.82, 2.24) is 4.90 Å². The SMILES string of the molecule is CC.CC1C[C@H]2CC[C@@H](C1)N2C(c1ccccc1)c1ccccc1. The van der Waals surface area contributed by atoms with E-state index >= 15 is 0 Å². The number of piperidine rings is 1. The predicted octanol–water partition coefficient (Wildman–Crippen LogP) is 6.07. The standard InChI is InChI=1S/C21H25N.C2H6/c1-16-14-19-12-13-20(15-16)22(19)21(17-8-4-2-5-9-17)18-10-6-3-7-11-18;1-2/h2-11,16,19-21H,12-15H2,1H3;1-2H3/t16?,19-,20+;. The zero-order chi connectivity index (χ0) is 16.9. The van der Waals surface area contributed by atoms with Gasteiger partial charge < -0.3 is 0 Å². The Bertz CT molecular complexity index is 553. The number of fused-ring (bicyclic) bond motifs is 2. The Morgan fingerprint density at radius 2 is 1.17 bits per heavy atom. The molecule has 2 aliphatic rings. The van der Waals surface area contributed by atoms with Gasteiger partial charge in [0.1, 0.15) is 0 Å². The largest absolute Gasteiger partial charge is 0.286 e. The average molecular weight is 322 g/mol. The minimum atomic E-state index is 0.424. The topological polar surface area (TPSA) is 3.24 Å². The minimum absolute atomic E-state index is 0.424. The first kappa shape index (κ1) is 17.2. The molecule has 2 fully saturated rings. The molecular weight excluding hydrogens is 290 g/mol. The fourth-order valence-electron chi connectivity index (χ4n) is 4.71. The molecule has 0 aromatic heterocycles. The monoisotopic (exact) mass is 321 g/mol. The molecule has 4 rings (SSSR count). The number of rotatable bonds is 3. The molecule has 0 saturated carbocycles. The van der Waals surface area contributed by atoms with Gasteiger partial charge in [-0.3, -0.25) is 4.90 Å².